The van der Waals surface area contributed by atoms with Gasteiger partial charge in [-0.05, 0) is 38.3 Å². The van der Waals surface area contributed by atoms with E-state index >= 15 is 0 Å². The van der Waals surface area contributed by atoms with Crippen molar-refractivity contribution in [3.63, 3.8) is 0 Å². The van der Waals surface area contributed by atoms with Crippen LogP contribution in [0.1, 0.15) is 36.5 Å². The van der Waals surface area contributed by atoms with E-state index in [4.69, 9.17) is 0 Å². The normalized spacial score (nSPS) is 20.1. The van der Waals surface area contributed by atoms with Crippen LogP contribution in [0.2, 0.25) is 0 Å². The molecule has 0 radical (unpaired) electrons. The molecular formula is C13H16N2O2. The first kappa shape index (κ1) is 11.8. The van der Waals surface area contributed by atoms with Gasteiger partial charge in [0, 0.05) is 24.5 Å². The first-order chi connectivity index (χ1) is 8.20. The molecule has 0 unspecified atom stereocenters. The molecule has 0 saturated carbocycles. The Hall–Kier alpha value is -1.71. The Labute approximate surface area is 101 Å². The van der Waals surface area contributed by atoms with Gasteiger partial charge >= 0.3 is 0 Å². The first-order valence-electron chi connectivity index (χ1n) is 5.91. The number of carbonyl (C=O) groups excluding carboxylic acids is 2. The summed E-state index contributed by atoms with van der Waals surface area (Å²) in [4.78, 5) is 29.4. The molecule has 1 amide bonds. The molecule has 1 fully saturated rings. The maximum Gasteiger partial charge on any atom is 0.254 e. The SMILES string of the molecule is CC(=O)[C@H]1CCCCN1C(=O)c1ccncc1. The lowest BCUT2D eigenvalue weighted by Gasteiger charge is -2.34. The lowest BCUT2D eigenvalue weighted by molar-refractivity contribution is -0.122. The van der Waals surface area contributed by atoms with Crippen LogP contribution in [0.15, 0.2) is 24.5 Å². The molecule has 1 atom stereocenters. The number of hydrogen-bond acceptors (Lipinski definition) is 3. The Bertz CT molecular complexity index is 417. The third-order valence-corrected chi connectivity index (χ3v) is 3.16. The zero-order valence-electron chi connectivity index (χ0n) is 9.93. The molecule has 0 spiro atoms. The number of piperidine rings is 1. The smallest absolute Gasteiger partial charge is 0.254 e. The van der Waals surface area contributed by atoms with Crippen LogP contribution in [0, 0.1) is 0 Å². The lowest BCUT2D eigenvalue weighted by atomic mass is 9.98. The number of aromatic nitrogens is 1. The van der Waals surface area contributed by atoms with Crippen molar-refractivity contribution in [3.05, 3.63) is 30.1 Å². The monoisotopic (exact) mass is 232 g/mol. The number of carbonyl (C=O) groups is 2. The van der Waals surface area contributed by atoms with Crippen molar-refractivity contribution in [2.75, 3.05) is 6.54 Å². The van der Waals surface area contributed by atoms with Crippen molar-refractivity contribution in [2.45, 2.75) is 32.2 Å². The lowest BCUT2D eigenvalue weighted by Crippen LogP contribution is -2.47. The fourth-order valence-corrected chi connectivity index (χ4v) is 2.26. The van der Waals surface area contributed by atoms with Gasteiger partial charge in [-0.2, -0.15) is 0 Å². The first-order valence-corrected chi connectivity index (χ1v) is 5.91. The van der Waals surface area contributed by atoms with Gasteiger partial charge in [0.15, 0.2) is 5.78 Å². The molecule has 90 valence electrons. The fraction of sp³-hybridized carbons (Fsp3) is 0.462. The van der Waals surface area contributed by atoms with E-state index in [0.717, 1.165) is 19.3 Å². The molecule has 17 heavy (non-hydrogen) atoms. The fourth-order valence-electron chi connectivity index (χ4n) is 2.26. The molecule has 1 aliphatic heterocycles. The quantitative estimate of drug-likeness (QED) is 0.779. The van der Waals surface area contributed by atoms with Gasteiger partial charge < -0.3 is 4.90 Å². The van der Waals surface area contributed by atoms with Crippen LogP contribution >= 0.6 is 0 Å². The van der Waals surface area contributed by atoms with E-state index in [1.54, 1.807) is 36.4 Å². The molecule has 2 heterocycles. The zero-order valence-corrected chi connectivity index (χ0v) is 9.93. The summed E-state index contributed by atoms with van der Waals surface area (Å²) in [5.41, 5.74) is 0.605. The van der Waals surface area contributed by atoms with Crippen molar-refractivity contribution < 1.29 is 9.59 Å². The van der Waals surface area contributed by atoms with Crippen molar-refractivity contribution in [1.82, 2.24) is 9.88 Å². The number of hydrogen-bond donors (Lipinski definition) is 0. The van der Waals surface area contributed by atoms with Gasteiger partial charge in [-0.3, -0.25) is 14.6 Å². The average Bonchev–Trinajstić information content (AvgIpc) is 2.39. The highest BCUT2D eigenvalue weighted by molar-refractivity contribution is 5.97. The summed E-state index contributed by atoms with van der Waals surface area (Å²) >= 11 is 0. The van der Waals surface area contributed by atoms with Crippen molar-refractivity contribution in [1.29, 1.82) is 0 Å². The summed E-state index contributed by atoms with van der Waals surface area (Å²) in [5.74, 6) is 0.0133. The Morgan fingerprint density at radius 3 is 2.65 bits per heavy atom. The van der Waals surface area contributed by atoms with Gasteiger partial charge in [0.25, 0.3) is 5.91 Å². The number of ketones is 1. The van der Waals surface area contributed by atoms with E-state index in [2.05, 4.69) is 4.98 Å². The number of Topliss-reactive ketones (excluding diaryl/α,β-unsaturated/α-hetero) is 1. The van der Waals surface area contributed by atoms with Gasteiger partial charge in [-0.15, -0.1) is 0 Å². The molecule has 0 bridgehead atoms. The maximum atomic E-state index is 12.3. The largest absolute Gasteiger partial charge is 0.329 e. The molecule has 1 aliphatic rings. The minimum Gasteiger partial charge on any atom is -0.329 e. The molecule has 0 aromatic carbocycles. The molecule has 0 aliphatic carbocycles. The predicted octanol–water partition coefficient (Wildman–Crippen LogP) is 1.67. The highest BCUT2D eigenvalue weighted by Gasteiger charge is 2.30. The number of likely N-dealkylation sites (tertiary alicyclic amines) is 1. The standard InChI is InChI=1S/C13H16N2O2/c1-10(16)12-4-2-3-9-15(12)13(17)11-5-7-14-8-6-11/h5-8,12H,2-4,9H2,1H3/t12-/m1/s1. The van der Waals surface area contributed by atoms with Crippen LogP contribution in [0.5, 0.6) is 0 Å². The van der Waals surface area contributed by atoms with E-state index in [9.17, 15) is 9.59 Å². The summed E-state index contributed by atoms with van der Waals surface area (Å²) in [6, 6.07) is 3.13. The second kappa shape index (κ2) is 5.08. The Balaban J connectivity index is 2.20. The number of nitrogens with zero attached hydrogens (tertiary/aromatic N) is 2. The van der Waals surface area contributed by atoms with E-state index in [1.165, 1.54) is 0 Å². The van der Waals surface area contributed by atoms with Gasteiger partial charge in [0.1, 0.15) is 0 Å². The maximum absolute atomic E-state index is 12.3. The Morgan fingerprint density at radius 1 is 1.29 bits per heavy atom. The molecule has 0 N–H and O–H groups in total. The topological polar surface area (TPSA) is 50.3 Å². The molecular weight excluding hydrogens is 216 g/mol. The summed E-state index contributed by atoms with van der Waals surface area (Å²) in [6.45, 7) is 2.23. The second-order valence-corrected chi connectivity index (χ2v) is 4.36. The number of pyridine rings is 1. The highest BCUT2D eigenvalue weighted by atomic mass is 16.2. The van der Waals surface area contributed by atoms with Crippen LogP contribution < -0.4 is 0 Å². The minimum atomic E-state index is -0.246. The van der Waals surface area contributed by atoms with Crippen molar-refractivity contribution >= 4 is 11.7 Å². The molecule has 2 rings (SSSR count). The summed E-state index contributed by atoms with van der Waals surface area (Å²) in [5, 5.41) is 0. The van der Waals surface area contributed by atoms with Gasteiger partial charge in [0.05, 0.1) is 6.04 Å². The van der Waals surface area contributed by atoms with Gasteiger partial charge in [0.2, 0.25) is 0 Å². The third-order valence-electron chi connectivity index (χ3n) is 3.16. The van der Waals surface area contributed by atoms with E-state index in [-0.39, 0.29) is 17.7 Å². The van der Waals surface area contributed by atoms with Crippen LogP contribution in [0.3, 0.4) is 0 Å². The van der Waals surface area contributed by atoms with Crippen LogP contribution in [0.4, 0.5) is 0 Å². The summed E-state index contributed by atoms with van der Waals surface area (Å²) < 4.78 is 0. The summed E-state index contributed by atoms with van der Waals surface area (Å²) in [7, 11) is 0. The molecule has 1 aromatic rings. The Kier molecular flexibility index (Phi) is 3.52. The third kappa shape index (κ3) is 2.52. The van der Waals surface area contributed by atoms with Crippen molar-refractivity contribution in [2.24, 2.45) is 0 Å². The Morgan fingerprint density at radius 2 is 2.00 bits per heavy atom. The van der Waals surface area contributed by atoms with Crippen molar-refractivity contribution in [3.8, 4) is 0 Å². The van der Waals surface area contributed by atoms with Crippen LogP contribution in [-0.2, 0) is 4.79 Å². The van der Waals surface area contributed by atoms with E-state index in [1.807, 2.05) is 0 Å². The van der Waals surface area contributed by atoms with Crippen LogP contribution in [-0.4, -0.2) is 34.2 Å². The van der Waals surface area contributed by atoms with Crippen LogP contribution in [0.25, 0.3) is 0 Å². The predicted molar refractivity (Wildman–Crippen MR) is 63.6 cm³/mol. The minimum absolute atomic E-state index is 0.0627. The zero-order chi connectivity index (χ0) is 12.3. The van der Waals surface area contributed by atoms with E-state index in [0.29, 0.717) is 12.1 Å². The molecule has 4 nitrogen and oxygen atoms in total. The molecule has 1 aromatic heterocycles. The highest BCUT2D eigenvalue weighted by Crippen LogP contribution is 2.20. The van der Waals surface area contributed by atoms with Gasteiger partial charge in [-0.25, -0.2) is 0 Å². The molecule has 4 heteroatoms. The number of rotatable bonds is 2. The number of amides is 1. The molecule has 1 saturated heterocycles. The van der Waals surface area contributed by atoms with Gasteiger partial charge in [-0.1, -0.05) is 0 Å². The second-order valence-electron chi connectivity index (χ2n) is 4.36. The van der Waals surface area contributed by atoms with E-state index < -0.39 is 0 Å². The summed E-state index contributed by atoms with van der Waals surface area (Å²) in [6.07, 6.45) is 5.97. The average molecular weight is 232 g/mol.